The van der Waals surface area contributed by atoms with Crippen molar-refractivity contribution in [1.82, 2.24) is 9.29 Å². The fourth-order valence-corrected chi connectivity index (χ4v) is 6.29. The van der Waals surface area contributed by atoms with Gasteiger partial charge in [0.15, 0.2) is 5.58 Å². The maximum absolute atomic E-state index is 12.9. The second kappa shape index (κ2) is 4.98. The first-order valence-corrected chi connectivity index (χ1v) is 10.2. The number of hydrogen-bond acceptors (Lipinski definition) is 4. The van der Waals surface area contributed by atoms with Crippen LogP contribution in [0.2, 0.25) is 0 Å². The summed E-state index contributed by atoms with van der Waals surface area (Å²) in [5, 5.41) is 0. The van der Waals surface area contributed by atoms with Gasteiger partial charge in [-0.2, -0.15) is 0 Å². The number of nitrogens with zero attached hydrogens (tertiary/aromatic N) is 1. The molecule has 7 heteroatoms. The third-order valence-corrected chi connectivity index (χ3v) is 8.63. The molecule has 0 spiro atoms. The van der Waals surface area contributed by atoms with Crippen LogP contribution >= 0.6 is 0 Å². The van der Waals surface area contributed by atoms with Gasteiger partial charge in [0.05, 0.1) is 10.4 Å². The van der Waals surface area contributed by atoms with Crippen LogP contribution in [-0.4, -0.2) is 19.0 Å². The molecule has 0 amide bonds. The average Bonchev–Trinajstić information content (AvgIpc) is 3.01. The Labute approximate surface area is 147 Å². The van der Waals surface area contributed by atoms with Crippen molar-refractivity contribution >= 4 is 21.1 Å². The molecule has 136 valence electrons. The fraction of sp³-hybridized carbons (Fsp3) is 0.611. The molecule has 3 atom stereocenters. The number of aryl methyl sites for hydroxylation is 1. The van der Waals surface area contributed by atoms with E-state index < -0.39 is 15.8 Å². The van der Waals surface area contributed by atoms with Crippen molar-refractivity contribution in [2.45, 2.75) is 51.0 Å². The molecule has 2 aromatic rings. The molecule has 2 aliphatic rings. The quantitative estimate of drug-likeness (QED) is 0.908. The van der Waals surface area contributed by atoms with E-state index in [0.717, 1.165) is 12.8 Å². The van der Waals surface area contributed by atoms with Gasteiger partial charge in [-0.3, -0.25) is 4.57 Å². The minimum absolute atomic E-state index is 0.0336. The van der Waals surface area contributed by atoms with Gasteiger partial charge in [-0.25, -0.2) is 17.9 Å². The molecular weight excluding hydrogens is 340 g/mol. The van der Waals surface area contributed by atoms with Crippen molar-refractivity contribution in [3.8, 4) is 0 Å². The van der Waals surface area contributed by atoms with Crippen molar-refractivity contribution in [2.24, 2.45) is 23.8 Å². The van der Waals surface area contributed by atoms with E-state index in [-0.39, 0.29) is 27.4 Å². The van der Waals surface area contributed by atoms with Gasteiger partial charge >= 0.3 is 5.76 Å². The lowest BCUT2D eigenvalue weighted by Crippen LogP contribution is -2.46. The summed E-state index contributed by atoms with van der Waals surface area (Å²) in [7, 11) is -2.07. The molecule has 2 bridgehead atoms. The van der Waals surface area contributed by atoms with Crippen LogP contribution in [0.25, 0.3) is 11.1 Å². The number of fused-ring (bicyclic) bond motifs is 3. The molecule has 25 heavy (non-hydrogen) atoms. The monoisotopic (exact) mass is 364 g/mol. The van der Waals surface area contributed by atoms with Gasteiger partial charge in [0.1, 0.15) is 0 Å². The smallest absolute Gasteiger partial charge is 0.408 e. The number of rotatable bonds is 3. The topological polar surface area (TPSA) is 81.3 Å². The van der Waals surface area contributed by atoms with Crippen molar-refractivity contribution in [1.29, 1.82) is 0 Å². The Morgan fingerprint density at radius 3 is 2.60 bits per heavy atom. The predicted molar refractivity (Wildman–Crippen MR) is 94.8 cm³/mol. The molecule has 2 fully saturated rings. The van der Waals surface area contributed by atoms with Crippen LogP contribution in [0.5, 0.6) is 0 Å². The minimum Gasteiger partial charge on any atom is -0.408 e. The standard InChI is InChI=1S/C18H24N2O4S/c1-17(2)11-7-8-18(17,3)15(9-11)19-25(22,23)12-5-6-13-14(10-12)24-16(21)20(13)4/h5-6,10-11,15,19H,7-9H2,1-4H3/t11-,15+,18-/m1/s1. The van der Waals surface area contributed by atoms with Crippen LogP contribution in [0.4, 0.5) is 0 Å². The third kappa shape index (κ3) is 2.18. The first-order chi connectivity index (χ1) is 11.6. The summed E-state index contributed by atoms with van der Waals surface area (Å²) in [5.41, 5.74) is 0.969. The van der Waals surface area contributed by atoms with Crippen LogP contribution in [0.15, 0.2) is 32.3 Å². The summed E-state index contributed by atoms with van der Waals surface area (Å²) >= 11 is 0. The van der Waals surface area contributed by atoms with Gasteiger partial charge in [0.2, 0.25) is 10.0 Å². The molecule has 1 N–H and O–H groups in total. The molecule has 4 rings (SSSR count). The second-order valence-electron chi connectivity index (χ2n) is 8.34. The van der Waals surface area contributed by atoms with Gasteiger partial charge in [-0.05, 0) is 48.1 Å². The highest BCUT2D eigenvalue weighted by Gasteiger charge is 2.61. The Bertz CT molecular complexity index is 1020. The molecule has 6 nitrogen and oxygen atoms in total. The third-order valence-electron chi connectivity index (χ3n) is 7.17. The molecule has 0 aliphatic heterocycles. The van der Waals surface area contributed by atoms with Crippen molar-refractivity contribution in [3.05, 3.63) is 28.7 Å². The van der Waals surface area contributed by atoms with Crippen molar-refractivity contribution < 1.29 is 12.8 Å². The van der Waals surface area contributed by atoms with Gasteiger partial charge < -0.3 is 4.42 Å². The first kappa shape index (κ1) is 16.8. The SMILES string of the molecule is Cn1c(=O)oc2cc(S(=O)(=O)N[C@H]3C[C@H]4CC[C@@]3(C)C4(C)C)ccc21. The highest BCUT2D eigenvalue weighted by atomic mass is 32.2. The number of hydrogen-bond donors (Lipinski definition) is 1. The number of nitrogens with one attached hydrogen (secondary N) is 1. The summed E-state index contributed by atoms with van der Waals surface area (Å²) in [6, 6.07) is 4.51. The number of benzene rings is 1. The van der Waals surface area contributed by atoms with Crippen molar-refractivity contribution in [3.63, 3.8) is 0 Å². The predicted octanol–water partition coefficient (Wildman–Crippen LogP) is 2.62. The van der Waals surface area contributed by atoms with Crippen LogP contribution in [0, 0.1) is 16.7 Å². The zero-order valence-corrected chi connectivity index (χ0v) is 15.8. The Balaban J connectivity index is 1.68. The Kier molecular flexibility index (Phi) is 3.35. The van der Waals surface area contributed by atoms with E-state index in [4.69, 9.17) is 4.42 Å². The average molecular weight is 364 g/mol. The van der Waals surface area contributed by atoms with Crippen LogP contribution in [-0.2, 0) is 17.1 Å². The molecule has 0 radical (unpaired) electrons. The molecule has 2 saturated carbocycles. The Morgan fingerprint density at radius 2 is 2.00 bits per heavy atom. The maximum Gasteiger partial charge on any atom is 0.419 e. The zero-order valence-electron chi connectivity index (χ0n) is 15.0. The first-order valence-electron chi connectivity index (χ1n) is 8.68. The summed E-state index contributed by atoms with van der Waals surface area (Å²) in [4.78, 5) is 11.7. The second-order valence-corrected chi connectivity index (χ2v) is 10.1. The summed E-state index contributed by atoms with van der Waals surface area (Å²) in [6.45, 7) is 6.71. The number of oxazole rings is 1. The zero-order chi connectivity index (χ0) is 18.2. The van der Waals surface area contributed by atoms with E-state index in [1.54, 1.807) is 13.1 Å². The summed E-state index contributed by atoms with van der Waals surface area (Å²) in [5.74, 6) is 0.0553. The summed E-state index contributed by atoms with van der Waals surface area (Å²) < 4.78 is 35.2. The maximum atomic E-state index is 12.9. The molecule has 0 unspecified atom stereocenters. The molecule has 1 heterocycles. The number of sulfonamides is 1. The summed E-state index contributed by atoms with van der Waals surface area (Å²) in [6.07, 6.45) is 3.10. The fourth-order valence-electron chi connectivity index (χ4n) is 4.92. The normalized spacial score (nSPS) is 31.0. The van der Waals surface area contributed by atoms with Gasteiger partial charge in [0.25, 0.3) is 0 Å². The van der Waals surface area contributed by atoms with E-state index >= 15 is 0 Å². The molecular formula is C18H24N2O4S. The molecule has 0 saturated heterocycles. The molecule has 2 aliphatic carbocycles. The Morgan fingerprint density at radius 1 is 1.28 bits per heavy atom. The lowest BCUT2D eigenvalue weighted by atomic mass is 9.69. The van der Waals surface area contributed by atoms with Gasteiger partial charge in [-0.1, -0.05) is 20.8 Å². The van der Waals surface area contributed by atoms with Crippen LogP contribution < -0.4 is 10.5 Å². The van der Waals surface area contributed by atoms with Crippen LogP contribution in [0.3, 0.4) is 0 Å². The van der Waals surface area contributed by atoms with E-state index in [9.17, 15) is 13.2 Å². The highest BCUT2D eigenvalue weighted by Crippen LogP contribution is 2.65. The van der Waals surface area contributed by atoms with E-state index in [0.29, 0.717) is 11.4 Å². The lowest BCUT2D eigenvalue weighted by Gasteiger charge is -2.39. The van der Waals surface area contributed by atoms with Gasteiger partial charge in [-0.15, -0.1) is 0 Å². The lowest BCUT2D eigenvalue weighted by molar-refractivity contribution is 0.130. The van der Waals surface area contributed by atoms with Crippen molar-refractivity contribution in [2.75, 3.05) is 0 Å². The molecule has 1 aromatic heterocycles. The van der Waals surface area contributed by atoms with Crippen LogP contribution in [0.1, 0.15) is 40.0 Å². The van der Waals surface area contributed by atoms with Gasteiger partial charge in [0, 0.05) is 19.2 Å². The van der Waals surface area contributed by atoms with E-state index in [1.165, 1.54) is 23.1 Å². The Hall–Kier alpha value is -1.60. The number of aromatic nitrogens is 1. The minimum atomic E-state index is -3.67. The highest BCUT2D eigenvalue weighted by molar-refractivity contribution is 7.89. The van der Waals surface area contributed by atoms with E-state index in [1.807, 2.05) is 0 Å². The van der Waals surface area contributed by atoms with E-state index in [2.05, 4.69) is 25.5 Å². The molecule has 1 aromatic carbocycles. The largest absolute Gasteiger partial charge is 0.419 e.